The van der Waals surface area contributed by atoms with Crippen LogP contribution in [0.2, 0.25) is 0 Å². The molecule has 580 valence electrons. The number of aliphatic hydroxyl groups is 11. The first-order chi connectivity index (χ1) is 48.8. The Kier molecular flexibility index (Phi) is 55.8. The van der Waals surface area contributed by atoms with Gasteiger partial charge in [-0.05, 0) is 70.6 Å². The third-order valence-corrected chi connectivity index (χ3v) is 19.4. The number of hydrogen-bond acceptors (Lipinski definition) is 18. The van der Waals surface area contributed by atoms with Gasteiger partial charge in [-0.25, -0.2) is 0 Å². The summed E-state index contributed by atoms with van der Waals surface area (Å²) < 4.78 is 34.4. The van der Waals surface area contributed by atoms with Crippen molar-refractivity contribution in [2.24, 2.45) is 0 Å². The zero-order valence-electron chi connectivity index (χ0n) is 61.9. The highest BCUT2D eigenvalue weighted by molar-refractivity contribution is 5.76. The number of ether oxygens (including phenoxy) is 6. The van der Waals surface area contributed by atoms with E-state index in [9.17, 15) is 61.0 Å². The lowest BCUT2D eigenvalue weighted by molar-refractivity contribution is -0.379. The highest BCUT2D eigenvalue weighted by Gasteiger charge is 2.54. The molecule has 0 aromatic heterocycles. The number of nitrogens with one attached hydrogen (secondary N) is 1. The van der Waals surface area contributed by atoms with Crippen molar-refractivity contribution in [1.82, 2.24) is 5.32 Å². The summed E-state index contributed by atoms with van der Waals surface area (Å²) in [5.74, 6) is -0.274. The number of unbranched alkanes of at least 4 members (excludes halogenated alkanes) is 34. The Morgan fingerprint density at radius 1 is 0.370 bits per heavy atom. The van der Waals surface area contributed by atoms with E-state index in [2.05, 4.69) is 92.1 Å². The molecule has 0 aliphatic carbocycles. The summed E-state index contributed by atoms with van der Waals surface area (Å²) in [6.07, 6.45) is 54.2. The van der Waals surface area contributed by atoms with Crippen molar-refractivity contribution in [3.05, 3.63) is 85.1 Å². The molecule has 17 atom stereocenters. The van der Waals surface area contributed by atoms with Crippen molar-refractivity contribution < 1.29 is 89.4 Å². The molecule has 3 saturated heterocycles. The molecule has 1 amide bonds. The van der Waals surface area contributed by atoms with Crippen LogP contribution in [0.15, 0.2) is 85.1 Å². The maximum atomic E-state index is 13.5. The zero-order valence-corrected chi connectivity index (χ0v) is 61.9. The summed E-state index contributed by atoms with van der Waals surface area (Å²) >= 11 is 0. The lowest BCUT2D eigenvalue weighted by Gasteiger charge is -2.48. The van der Waals surface area contributed by atoms with E-state index >= 15 is 0 Å². The number of hydrogen-bond donors (Lipinski definition) is 12. The SMILES string of the molecule is CC/C=C\C/C=C\C/C=C\C/C=C\C/C=C\C/C=C\CCCCCCCCCCCCCCCCCCCCC(=O)NC(COC1OC(CO)C(OC2OC(CO)C(OC3OC(CO)C(O)C(O)C3O)C(O)C2O)C(O)C1O)C(O)/C=C/CCCCCCCCCCCCCCCCCC. The minimum atomic E-state index is -1.98. The molecule has 17 unspecified atom stereocenters. The maximum absolute atomic E-state index is 13.5. The van der Waals surface area contributed by atoms with Crippen molar-refractivity contribution in [2.45, 2.75) is 394 Å². The summed E-state index contributed by atoms with van der Waals surface area (Å²) in [7, 11) is 0. The van der Waals surface area contributed by atoms with Crippen LogP contribution in [0.1, 0.15) is 290 Å². The minimum Gasteiger partial charge on any atom is -0.394 e. The Bertz CT molecular complexity index is 2140. The van der Waals surface area contributed by atoms with Gasteiger partial charge in [0, 0.05) is 6.42 Å². The number of rotatable bonds is 62. The van der Waals surface area contributed by atoms with Crippen LogP contribution >= 0.6 is 0 Å². The molecule has 0 saturated carbocycles. The molecule has 0 aromatic carbocycles. The van der Waals surface area contributed by atoms with E-state index in [0.717, 1.165) is 83.5 Å². The first-order valence-electron chi connectivity index (χ1n) is 39.8. The summed E-state index contributed by atoms with van der Waals surface area (Å²) in [5.41, 5.74) is 0. The van der Waals surface area contributed by atoms with E-state index in [1.165, 1.54) is 180 Å². The number of amides is 1. The van der Waals surface area contributed by atoms with Crippen LogP contribution in [0.4, 0.5) is 0 Å². The molecule has 0 radical (unpaired) electrons. The van der Waals surface area contributed by atoms with E-state index in [-0.39, 0.29) is 18.9 Å². The van der Waals surface area contributed by atoms with Gasteiger partial charge in [0.05, 0.1) is 38.6 Å². The predicted molar refractivity (Wildman–Crippen MR) is 397 cm³/mol. The molecule has 100 heavy (non-hydrogen) atoms. The second-order valence-corrected chi connectivity index (χ2v) is 28.1. The van der Waals surface area contributed by atoms with Crippen molar-refractivity contribution in [1.29, 1.82) is 0 Å². The Morgan fingerprint density at radius 3 is 1.08 bits per heavy atom. The molecular formula is C81H143NO18. The summed E-state index contributed by atoms with van der Waals surface area (Å²) in [6.45, 7) is 1.64. The van der Waals surface area contributed by atoms with Gasteiger partial charge < -0.3 is 89.9 Å². The largest absolute Gasteiger partial charge is 0.394 e. The monoisotopic (exact) mass is 1420 g/mol. The number of aliphatic hydroxyl groups excluding tert-OH is 11. The second kappa shape index (κ2) is 61.2. The van der Waals surface area contributed by atoms with E-state index < -0.39 is 124 Å². The normalized spacial score (nSPS) is 26.9. The fourth-order valence-corrected chi connectivity index (χ4v) is 13.1. The predicted octanol–water partition coefficient (Wildman–Crippen LogP) is 13.0. The van der Waals surface area contributed by atoms with Crippen molar-refractivity contribution in [2.75, 3.05) is 26.4 Å². The van der Waals surface area contributed by atoms with E-state index in [1.54, 1.807) is 6.08 Å². The average Bonchev–Trinajstić information content (AvgIpc) is 0.783. The third kappa shape index (κ3) is 41.0. The molecule has 0 bridgehead atoms. The number of carbonyl (C=O) groups is 1. The Hall–Kier alpha value is -3.03. The van der Waals surface area contributed by atoms with Crippen molar-refractivity contribution in [3.8, 4) is 0 Å². The molecule has 3 rings (SSSR count). The van der Waals surface area contributed by atoms with Gasteiger partial charge in [0.2, 0.25) is 5.91 Å². The van der Waals surface area contributed by atoms with Gasteiger partial charge in [0.15, 0.2) is 18.9 Å². The van der Waals surface area contributed by atoms with Gasteiger partial charge >= 0.3 is 0 Å². The molecule has 3 aliphatic rings. The van der Waals surface area contributed by atoms with E-state index in [4.69, 9.17) is 28.4 Å². The van der Waals surface area contributed by atoms with Crippen molar-refractivity contribution >= 4 is 5.91 Å². The molecular weight excluding hydrogens is 1270 g/mol. The second-order valence-electron chi connectivity index (χ2n) is 28.1. The standard InChI is InChI=1S/C81H143NO18/c1-3-5-7-9-11-13-15-17-19-21-23-24-25-26-27-28-29-30-31-32-33-34-35-36-37-38-39-40-41-43-45-47-49-51-53-55-57-59-69(87)82-64(65(86)58-56-54-52-50-48-46-44-42-22-20-18-16-14-12-10-8-6-4-2)63-95-79-75(93)72(90)77(67(61-84)97-79)100-81-76(94)73(91)78(68(62-85)98-81)99-80-74(92)71(89)70(88)66(60-83)96-80/h5,7,11,13,17,19,23-24,26-27,29-30,56,58,64-68,70-81,83-86,88-94H,3-4,6,8-10,12,14-16,18,20-22,25,28,31-55,57,59-63H2,1-2H3,(H,82,87)/b7-5-,13-11-,19-17-,24-23-,27-26-,30-29-,58-56+. The Morgan fingerprint density at radius 2 is 0.690 bits per heavy atom. The fourth-order valence-electron chi connectivity index (χ4n) is 13.1. The fraction of sp³-hybridized carbons (Fsp3) is 0.815. The van der Waals surface area contributed by atoms with Crippen LogP contribution in [0.5, 0.6) is 0 Å². The minimum absolute atomic E-state index is 0.242. The summed E-state index contributed by atoms with van der Waals surface area (Å²) in [6, 6.07) is -0.976. The van der Waals surface area contributed by atoms with Gasteiger partial charge in [0.1, 0.15) is 73.2 Å². The van der Waals surface area contributed by atoms with Gasteiger partial charge in [0.25, 0.3) is 0 Å². The molecule has 19 nitrogen and oxygen atoms in total. The van der Waals surface area contributed by atoms with E-state index in [0.29, 0.717) is 6.42 Å². The van der Waals surface area contributed by atoms with Crippen LogP contribution in [0.25, 0.3) is 0 Å². The van der Waals surface area contributed by atoms with Crippen LogP contribution in [0.3, 0.4) is 0 Å². The molecule has 0 aromatic rings. The molecule has 0 spiro atoms. The van der Waals surface area contributed by atoms with Crippen LogP contribution in [0, 0.1) is 0 Å². The Balaban J connectivity index is 1.33. The van der Waals surface area contributed by atoms with Gasteiger partial charge in [-0.3, -0.25) is 4.79 Å². The number of allylic oxidation sites excluding steroid dienone is 13. The topological polar surface area (TPSA) is 307 Å². The average molecular weight is 1420 g/mol. The lowest BCUT2D eigenvalue weighted by atomic mass is 9.96. The first kappa shape index (κ1) is 91.2. The van der Waals surface area contributed by atoms with Crippen LogP contribution < -0.4 is 5.32 Å². The summed E-state index contributed by atoms with van der Waals surface area (Å²) in [4.78, 5) is 13.5. The third-order valence-electron chi connectivity index (χ3n) is 19.4. The molecule has 3 aliphatic heterocycles. The first-order valence-corrected chi connectivity index (χ1v) is 39.8. The lowest BCUT2D eigenvalue weighted by Crippen LogP contribution is -2.66. The van der Waals surface area contributed by atoms with Gasteiger partial charge in [-0.2, -0.15) is 0 Å². The maximum Gasteiger partial charge on any atom is 0.220 e. The van der Waals surface area contributed by atoms with Crippen molar-refractivity contribution in [3.63, 3.8) is 0 Å². The van der Waals surface area contributed by atoms with Gasteiger partial charge in [-0.15, -0.1) is 0 Å². The molecule has 3 fully saturated rings. The Labute approximate surface area is 603 Å². The quantitative estimate of drug-likeness (QED) is 0.0199. The van der Waals surface area contributed by atoms with E-state index in [1.807, 2.05) is 6.08 Å². The molecule has 12 N–H and O–H groups in total. The zero-order chi connectivity index (χ0) is 72.5. The van der Waals surface area contributed by atoms with Crippen LogP contribution in [-0.4, -0.2) is 193 Å². The number of carbonyl (C=O) groups excluding carboxylic acids is 1. The highest BCUT2D eigenvalue weighted by Crippen LogP contribution is 2.33. The highest BCUT2D eigenvalue weighted by atomic mass is 16.8. The molecule has 3 heterocycles. The van der Waals surface area contributed by atoms with Gasteiger partial charge in [-0.1, -0.05) is 298 Å². The smallest absolute Gasteiger partial charge is 0.220 e. The molecule has 19 heteroatoms. The van der Waals surface area contributed by atoms with Crippen LogP contribution in [-0.2, 0) is 33.2 Å². The summed E-state index contributed by atoms with van der Waals surface area (Å²) in [5, 5.41) is 121.